The van der Waals surface area contributed by atoms with E-state index in [0.717, 1.165) is 20.3 Å². The maximum absolute atomic E-state index is 12.9. The van der Waals surface area contributed by atoms with E-state index in [0.29, 0.717) is 24.5 Å². The first kappa shape index (κ1) is 30.5. The summed E-state index contributed by atoms with van der Waals surface area (Å²) in [6, 6.07) is 25.3. The number of nitrogens with one attached hydrogen (secondary N) is 2. The summed E-state index contributed by atoms with van der Waals surface area (Å²) in [5.74, 6) is -1.98. The van der Waals surface area contributed by atoms with Crippen molar-refractivity contribution in [2.45, 2.75) is 12.1 Å². The van der Waals surface area contributed by atoms with E-state index in [4.69, 9.17) is 0 Å². The summed E-state index contributed by atoms with van der Waals surface area (Å²) in [5.41, 5.74) is 2.85. The van der Waals surface area contributed by atoms with E-state index in [9.17, 15) is 19.2 Å². The molecule has 4 amide bonds. The Morgan fingerprint density at radius 2 is 0.935 bits per heavy atom. The summed E-state index contributed by atoms with van der Waals surface area (Å²) in [5, 5.41) is 6.56. The molecule has 4 aliphatic heterocycles. The average Bonchev–Trinajstić information content (AvgIpc) is 3.83. The van der Waals surface area contributed by atoms with Gasteiger partial charge in [-0.15, -0.1) is 0 Å². The highest BCUT2D eigenvalue weighted by atomic mass is 79.9. The first-order valence-electron chi connectivity index (χ1n) is 14.9. The van der Waals surface area contributed by atoms with Gasteiger partial charge in [0.15, 0.2) is 0 Å². The van der Waals surface area contributed by atoms with Gasteiger partial charge in [0, 0.05) is 34.4 Å². The summed E-state index contributed by atoms with van der Waals surface area (Å²) >= 11 is 6.73. The van der Waals surface area contributed by atoms with Crippen LogP contribution in [0.1, 0.15) is 23.5 Å². The molecule has 6 atom stereocenters. The van der Waals surface area contributed by atoms with Gasteiger partial charge in [0.1, 0.15) is 0 Å². The van der Waals surface area contributed by atoms with E-state index in [1.807, 2.05) is 60.7 Å². The van der Waals surface area contributed by atoms with Crippen molar-refractivity contribution in [2.75, 3.05) is 22.9 Å². The van der Waals surface area contributed by atoms with E-state index in [1.165, 1.54) is 9.80 Å². The van der Waals surface area contributed by atoms with Crippen LogP contribution in [0.3, 0.4) is 0 Å². The molecule has 2 aromatic carbocycles. The van der Waals surface area contributed by atoms with Crippen LogP contribution in [-0.2, 0) is 19.2 Å². The van der Waals surface area contributed by atoms with E-state index in [-0.39, 0.29) is 59.4 Å². The molecule has 6 heterocycles. The number of imide groups is 2. The van der Waals surface area contributed by atoms with Gasteiger partial charge >= 0.3 is 0 Å². The monoisotopic (exact) mass is 742 g/mol. The zero-order valence-electron chi connectivity index (χ0n) is 24.3. The predicted octanol–water partition coefficient (Wildman–Crippen LogP) is 4.59. The molecule has 0 radical (unpaired) electrons. The van der Waals surface area contributed by atoms with Gasteiger partial charge in [-0.2, -0.15) is 0 Å². The SMILES string of the molecule is O=C1[C@H]2[C@H](CN[C@@H]2c2ccccn2)C(=O)N1c1ccc(Br)cc1.O=C1[C@H]2[C@H](CN[C@@H]2c2ccccn2)C(=O)N1c1ccc(Br)cc1. The van der Waals surface area contributed by atoms with Crippen molar-refractivity contribution >= 4 is 66.9 Å². The van der Waals surface area contributed by atoms with Gasteiger partial charge in [-0.3, -0.25) is 29.1 Å². The lowest BCUT2D eigenvalue weighted by atomic mass is 9.91. The third-order valence-electron chi connectivity index (χ3n) is 8.97. The van der Waals surface area contributed by atoms with E-state index >= 15 is 0 Å². The van der Waals surface area contributed by atoms with Crippen molar-refractivity contribution < 1.29 is 19.2 Å². The number of rotatable bonds is 4. The fourth-order valence-corrected chi connectivity index (χ4v) is 7.35. The number of aromatic nitrogens is 2. The highest BCUT2D eigenvalue weighted by molar-refractivity contribution is 9.10. The average molecular weight is 744 g/mol. The number of anilines is 2. The van der Waals surface area contributed by atoms with Crippen molar-refractivity contribution in [1.82, 2.24) is 20.6 Å². The summed E-state index contributed by atoms with van der Waals surface area (Å²) in [4.78, 5) is 62.5. The molecule has 2 aromatic heterocycles. The molecular formula is C34H28Br2N6O4. The molecule has 46 heavy (non-hydrogen) atoms. The van der Waals surface area contributed by atoms with Crippen LogP contribution in [-0.4, -0.2) is 46.7 Å². The molecule has 0 unspecified atom stereocenters. The highest BCUT2D eigenvalue weighted by Gasteiger charge is 2.56. The minimum atomic E-state index is -0.388. The Hall–Kier alpha value is -4.10. The first-order valence-corrected chi connectivity index (χ1v) is 16.5. The van der Waals surface area contributed by atoms with Crippen molar-refractivity contribution in [3.8, 4) is 0 Å². The van der Waals surface area contributed by atoms with Crippen LogP contribution in [0.2, 0.25) is 0 Å². The molecule has 8 rings (SSSR count). The lowest BCUT2D eigenvalue weighted by Crippen LogP contribution is -2.35. The number of pyridine rings is 2. The number of carbonyl (C=O) groups excluding carboxylic acids is 4. The molecule has 0 bridgehead atoms. The third kappa shape index (κ3) is 5.38. The van der Waals surface area contributed by atoms with Gasteiger partial charge in [-0.25, -0.2) is 9.80 Å². The van der Waals surface area contributed by atoms with E-state index in [1.54, 1.807) is 36.7 Å². The highest BCUT2D eigenvalue weighted by Crippen LogP contribution is 2.43. The Balaban J connectivity index is 0.000000147. The first-order chi connectivity index (χ1) is 22.3. The molecule has 232 valence electrons. The van der Waals surface area contributed by atoms with Crippen molar-refractivity contribution in [2.24, 2.45) is 23.7 Å². The standard InChI is InChI=1S/2C17H14BrN3O2/c2*18-10-4-6-11(7-5-10)21-16(22)12-9-20-15(14(12)17(21)23)13-3-1-2-8-19-13/h2*1-8,12,14-15,20H,9H2/t2*12-,14-,15+/m00/s1. The lowest BCUT2D eigenvalue weighted by Gasteiger charge is -2.19. The topological polar surface area (TPSA) is 125 Å². The van der Waals surface area contributed by atoms with Gasteiger partial charge in [0.2, 0.25) is 23.6 Å². The molecule has 2 N–H and O–H groups in total. The largest absolute Gasteiger partial charge is 0.307 e. The maximum atomic E-state index is 12.9. The maximum Gasteiger partial charge on any atom is 0.239 e. The van der Waals surface area contributed by atoms with Gasteiger partial charge in [0.05, 0.1) is 58.5 Å². The zero-order valence-corrected chi connectivity index (χ0v) is 27.5. The molecule has 4 aromatic rings. The molecule has 0 spiro atoms. The van der Waals surface area contributed by atoms with Gasteiger partial charge in [-0.05, 0) is 72.8 Å². The minimum absolute atomic E-state index is 0.131. The second kappa shape index (κ2) is 12.6. The van der Waals surface area contributed by atoms with Gasteiger partial charge < -0.3 is 10.6 Å². The molecule has 4 aliphatic rings. The zero-order chi connectivity index (χ0) is 31.9. The lowest BCUT2D eigenvalue weighted by molar-refractivity contribution is -0.124. The third-order valence-corrected chi connectivity index (χ3v) is 10.0. The minimum Gasteiger partial charge on any atom is -0.307 e. The van der Waals surface area contributed by atoms with Crippen molar-refractivity contribution in [1.29, 1.82) is 0 Å². The Kier molecular flexibility index (Phi) is 8.36. The van der Waals surface area contributed by atoms with E-state index in [2.05, 4.69) is 52.5 Å². The molecular weight excluding hydrogens is 716 g/mol. The summed E-state index contributed by atoms with van der Waals surface area (Å²) in [6.07, 6.45) is 3.41. The summed E-state index contributed by atoms with van der Waals surface area (Å²) in [6.45, 7) is 1.01. The fraction of sp³-hybridized carbons (Fsp3) is 0.235. The van der Waals surface area contributed by atoms with Crippen LogP contribution in [0.15, 0.2) is 106 Å². The number of benzene rings is 2. The van der Waals surface area contributed by atoms with Crippen LogP contribution in [0.5, 0.6) is 0 Å². The number of hydrogen-bond donors (Lipinski definition) is 2. The molecule has 10 nitrogen and oxygen atoms in total. The quantitative estimate of drug-likeness (QED) is 0.291. The number of carbonyl (C=O) groups is 4. The summed E-state index contributed by atoms with van der Waals surface area (Å²) in [7, 11) is 0. The number of halogens is 2. The smallest absolute Gasteiger partial charge is 0.239 e. The number of amides is 4. The Morgan fingerprint density at radius 3 is 1.28 bits per heavy atom. The van der Waals surface area contributed by atoms with Crippen LogP contribution < -0.4 is 20.4 Å². The van der Waals surface area contributed by atoms with Gasteiger partial charge in [-0.1, -0.05) is 44.0 Å². The second-order valence-electron chi connectivity index (χ2n) is 11.5. The molecule has 4 fully saturated rings. The molecule has 12 heteroatoms. The Labute approximate surface area is 281 Å². The van der Waals surface area contributed by atoms with Crippen molar-refractivity contribution in [3.63, 3.8) is 0 Å². The molecule has 4 saturated heterocycles. The van der Waals surface area contributed by atoms with E-state index < -0.39 is 0 Å². The van der Waals surface area contributed by atoms with Crippen LogP contribution >= 0.6 is 31.9 Å². The number of hydrogen-bond acceptors (Lipinski definition) is 8. The van der Waals surface area contributed by atoms with Crippen LogP contribution in [0.4, 0.5) is 11.4 Å². The second-order valence-corrected chi connectivity index (χ2v) is 13.4. The van der Waals surface area contributed by atoms with Crippen LogP contribution in [0, 0.1) is 23.7 Å². The van der Waals surface area contributed by atoms with Gasteiger partial charge in [0.25, 0.3) is 0 Å². The van der Waals surface area contributed by atoms with Crippen molar-refractivity contribution in [3.05, 3.63) is 118 Å². The van der Waals surface area contributed by atoms with Crippen LogP contribution in [0.25, 0.3) is 0 Å². The Bertz CT molecular complexity index is 1660. The summed E-state index contributed by atoms with van der Waals surface area (Å²) < 4.78 is 1.82. The normalized spacial score (nSPS) is 26.7. The number of nitrogens with zero attached hydrogens (tertiary/aromatic N) is 4. The fourth-order valence-electron chi connectivity index (χ4n) is 6.82. The predicted molar refractivity (Wildman–Crippen MR) is 177 cm³/mol. The molecule has 0 aliphatic carbocycles. The Morgan fingerprint density at radius 1 is 0.543 bits per heavy atom. The number of fused-ring (bicyclic) bond motifs is 2. The molecule has 0 saturated carbocycles.